The van der Waals surface area contributed by atoms with E-state index in [1.807, 2.05) is 0 Å². The van der Waals surface area contributed by atoms with Gasteiger partial charge in [0, 0.05) is 10.6 Å². The van der Waals surface area contributed by atoms with E-state index in [-0.39, 0.29) is 21.7 Å². The van der Waals surface area contributed by atoms with Crippen LogP contribution < -0.4 is 10.6 Å². The summed E-state index contributed by atoms with van der Waals surface area (Å²) in [5.74, 6) is 0. The van der Waals surface area contributed by atoms with Gasteiger partial charge in [0.25, 0.3) is 0 Å². The number of benzene rings is 2. The summed E-state index contributed by atoms with van der Waals surface area (Å²) in [4.78, 5) is 0. The van der Waals surface area contributed by atoms with Gasteiger partial charge in [-0.15, -0.1) is 0 Å². The molecule has 2 aromatic carbocycles. The van der Waals surface area contributed by atoms with Crippen LogP contribution in [0.15, 0.2) is 36.4 Å². The smallest absolute Gasteiger partial charge is 0.136 e. The Morgan fingerprint density at radius 3 is 0.800 bits per heavy atom. The molecular weight excluding hydrogens is 383 g/mol. The van der Waals surface area contributed by atoms with E-state index in [1.165, 1.54) is 22.3 Å². The van der Waals surface area contributed by atoms with Gasteiger partial charge >= 0.3 is 0 Å². The van der Waals surface area contributed by atoms with Crippen LogP contribution in [0.5, 0.6) is 0 Å². The molecule has 0 saturated heterocycles. The minimum Gasteiger partial charge on any atom is -0.277 e. The van der Waals surface area contributed by atoms with Crippen LogP contribution in [0, 0.1) is 0 Å². The number of rotatable bonds is 2. The van der Waals surface area contributed by atoms with Crippen LogP contribution in [0.4, 0.5) is 0 Å². The van der Waals surface area contributed by atoms with Gasteiger partial charge in [-0.3, -0.25) is 4.57 Å². The fourth-order valence-electron chi connectivity index (χ4n) is 3.34. The Morgan fingerprint density at radius 1 is 0.433 bits per heavy atom. The van der Waals surface area contributed by atoms with Crippen molar-refractivity contribution in [1.29, 1.82) is 0 Å². The first-order valence-electron chi connectivity index (χ1n) is 11.1. The highest BCUT2D eigenvalue weighted by Gasteiger charge is 2.25. The summed E-state index contributed by atoms with van der Waals surface area (Å²) in [6, 6.07) is 13.2. The van der Waals surface area contributed by atoms with E-state index < -0.39 is 7.80 Å². The minimum absolute atomic E-state index is 0.00993. The molecule has 0 aliphatic carbocycles. The van der Waals surface area contributed by atoms with Gasteiger partial charge in [-0.25, -0.2) is 0 Å². The van der Waals surface area contributed by atoms with Crippen LogP contribution in [-0.4, -0.2) is 0 Å². The molecule has 2 aromatic rings. The van der Waals surface area contributed by atoms with E-state index in [1.54, 1.807) is 0 Å². The molecular formula is C28H42OP. The second-order valence-corrected chi connectivity index (χ2v) is 14.5. The molecule has 165 valence electrons. The van der Waals surface area contributed by atoms with Gasteiger partial charge < -0.3 is 0 Å². The lowest BCUT2D eigenvalue weighted by molar-refractivity contribution is 0.569. The summed E-state index contributed by atoms with van der Waals surface area (Å²) >= 11 is 0. The lowest BCUT2D eigenvalue weighted by Crippen LogP contribution is -2.23. The third-order valence-electron chi connectivity index (χ3n) is 5.77. The summed E-state index contributed by atoms with van der Waals surface area (Å²) in [5.41, 5.74) is 5.03. The molecule has 0 heterocycles. The molecule has 0 unspecified atom stereocenters. The highest BCUT2D eigenvalue weighted by molar-refractivity contribution is 7.61. The van der Waals surface area contributed by atoms with Crippen LogP contribution in [0.1, 0.15) is 105 Å². The maximum Gasteiger partial charge on any atom is 0.136 e. The topological polar surface area (TPSA) is 17.1 Å². The standard InChI is InChI=1S/C28H42OP/c1-25(2,3)19-13-20(26(4,5)6)16-23(15-19)30(29)24-17-21(27(7,8)9)14-22(18-24)28(10,11)12/h13-18H,1-12H3. The SMILES string of the molecule is CC(C)(C)c1cc([P](=O)c2cc(C(C)(C)C)cc(C(C)(C)C)c2)cc(C(C)(C)C)c1. The molecule has 0 spiro atoms. The van der Waals surface area contributed by atoms with Crippen molar-refractivity contribution in [1.82, 2.24) is 0 Å². The molecule has 0 aromatic heterocycles. The van der Waals surface area contributed by atoms with E-state index in [0.717, 1.165) is 10.6 Å². The van der Waals surface area contributed by atoms with Crippen molar-refractivity contribution >= 4 is 18.4 Å². The molecule has 1 nitrogen and oxygen atoms in total. The zero-order valence-electron chi connectivity index (χ0n) is 21.3. The van der Waals surface area contributed by atoms with E-state index >= 15 is 0 Å². The maximum absolute atomic E-state index is 13.9. The first-order valence-corrected chi connectivity index (χ1v) is 12.4. The molecule has 0 aliphatic rings. The maximum atomic E-state index is 13.9. The van der Waals surface area contributed by atoms with Crippen molar-refractivity contribution in [2.45, 2.75) is 105 Å². The Labute approximate surface area is 186 Å². The zero-order chi connectivity index (χ0) is 23.3. The van der Waals surface area contributed by atoms with Crippen LogP contribution >= 0.6 is 7.80 Å². The van der Waals surface area contributed by atoms with Crippen molar-refractivity contribution in [2.24, 2.45) is 0 Å². The predicted molar refractivity (Wildman–Crippen MR) is 135 cm³/mol. The summed E-state index contributed by atoms with van der Waals surface area (Å²) in [7, 11) is -1.67. The lowest BCUT2D eigenvalue weighted by Gasteiger charge is -2.27. The predicted octanol–water partition coefficient (Wildman–Crippen LogP) is 7.65. The van der Waals surface area contributed by atoms with E-state index in [0.29, 0.717) is 0 Å². The van der Waals surface area contributed by atoms with Crippen LogP contribution in [0.25, 0.3) is 0 Å². The highest BCUT2D eigenvalue weighted by atomic mass is 31.1. The third-order valence-corrected chi connectivity index (χ3v) is 7.22. The molecule has 0 aliphatic heterocycles. The quantitative estimate of drug-likeness (QED) is 0.451. The second-order valence-electron chi connectivity index (χ2n) is 12.8. The van der Waals surface area contributed by atoms with Gasteiger partial charge in [0.05, 0.1) is 0 Å². The molecule has 0 fully saturated rings. The van der Waals surface area contributed by atoms with Crippen molar-refractivity contribution in [3.05, 3.63) is 58.7 Å². The fraction of sp³-hybridized carbons (Fsp3) is 0.571. The van der Waals surface area contributed by atoms with E-state index in [4.69, 9.17) is 0 Å². The Kier molecular flexibility index (Phi) is 6.54. The number of hydrogen-bond acceptors (Lipinski definition) is 1. The second kappa shape index (κ2) is 7.90. The van der Waals surface area contributed by atoms with E-state index in [2.05, 4.69) is 119 Å². The normalized spacial score (nSPS) is 13.5. The van der Waals surface area contributed by atoms with Crippen molar-refractivity contribution in [2.75, 3.05) is 0 Å². The van der Waals surface area contributed by atoms with Crippen molar-refractivity contribution < 1.29 is 4.57 Å². The Balaban J connectivity index is 2.73. The van der Waals surface area contributed by atoms with Crippen LogP contribution in [0.3, 0.4) is 0 Å². The molecule has 2 heteroatoms. The van der Waals surface area contributed by atoms with Gasteiger partial charge in [0.2, 0.25) is 0 Å². The van der Waals surface area contributed by atoms with Crippen molar-refractivity contribution in [3.63, 3.8) is 0 Å². The molecule has 0 amide bonds. The largest absolute Gasteiger partial charge is 0.277 e. The van der Waals surface area contributed by atoms with Crippen LogP contribution in [-0.2, 0) is 26.2 Å². The fourth-order valence-corrected chi connectivity index (χ4v) is 4.66. The van der Waals surface area contributed by atoms with Gasteiger partial charge in [-0.05, 0) is 68.2 Å². The first-order chi connectivity index (χ1) is 13.3. The molecule has 0 N–H and O–H groups in total. The van der Waals surface area contributed by atoms with Crippen LogP contribution in [0.2, 0.25) is 0 Å². The Morgan fingerprint density at radius 2 is 0.633 bits per heavy atom. The Bertz CT molecular complexity index is 797. The third kappa shape index (κ3) is 5.82. The Hall–Kier alpha value is -1.46. The van der Waals surface area contributed by atoms with Gasteiger partial charge in [0.15, 0.2) is 0 Å². The first kappa shape index (κ1) is 24.8. The average Bonchev–Trinajstić information content (AvgIpc) is 2.57. The summed E-state index contributed by atoms with van der Waals surface area (Å²) in [6.07, 6.45) is 0. The van der Waals surface area contributed by atoms with Crippen molar-refractivity contribution in [3.8, 4) is 0 Å². The zero-order valence-corrected chi connectivity index (χ0v) is 22.2. The number of hydrogen-bond donors (Lipinski definition) is 0. The monoisotopic (exact) mass is 425 g/mol. The molecule has 0 atom stereocenters. The highest BCUT2D eigenvalue weighted by Crippen LogP contribution is 2.34. The van der Waals surface area contributed by atoms with E-state index in [9.17, 15) is 4.57 Å². The molecule has 0 bridgehead atoms. The average molecular weight is 426 g/mol. The molecule has 0 saturated carbocycles. The molecule has 2 rings (SSSR count). The summed E-state index contributed by atoms with van der Waals surface area (Å²) in [5, 5.41) is 1.88. The summed E-state index contributed by atoms with van der Waals surface area (Å²) < 4.78 is 13.9. The minimum atomic E-state index is -1.67. The summed E-state index contributed by atoms with van der Waals surface area (Å²) in [6.45, 7) is 26.7. The van der Waals surface area contributed by atoms with Gasteiger partial charge in [0.1, 0.15) is 7.80 Å². The molecule has 30 heavy (non-hydrogen) atoms. The lowest BCUT2D eigenvalue weighted by atomic mass is 9.81. The van der Waals surface area contributed by atoms with Gasteiger partial charge in [-0.2, -0.15) is 0 Å². The van der Waals surface area contributed by atoms with Gasteiger partial charge in [-0.1, -0.05) is 95.2 Å². The molecule has 1 radical (unpaired) electrons.